The first-order chi connectivity index (χ1) is 5.84. The van der Waals surface area contributed by atoms with Crippen molar-refractivity contribution in [1.82, 2.24) is 0 Å². The zero-order chi connectivity index (χ0) is 8.81. The van der Waals surface area contributed by atoms with Crippen molar-refractivity contribution in [2.24, 2.45) is 0 Å². The van der Waals surface area contributed by atoms with Crippen LogP contribution >= 0.6 is 11.6 Å². The zero-order valence-electron chi connectivity index (χ0n) is 6.53. The molecule has 12 heavy (non-hydrogen) atoms. The fourth-order valence-corrected chi connectivity index (χ4v) is 1.03. The monoisotopic (exact) mass is 180 g/mol. The molecule has 1 aromatic rings. The van der Waals surface area contributed by atoms with Gasteiger partial charge in [-0.1, -0.05) is 47.9 Å². The van der Waals surface area contributed by atoms with Gasteiger partial charge in [0.05, 0.1) is 0 Å². The molecule has 0 heterocycles. The molecule has 0 bridgehead atoms. The predicted octanol–water partition coefficient (Wildman–Crippen LogP) is 2.57. The van der Waals surface area contributed by atoms with Gasteiger partial charge in [-0.05, 0) is 5.56 Å². The van der Waals surface area contributed by atoms with Crippen LogP contribution in [0.5, 0.6) is 0 Å². The van der Waals surface area contributed by atoms with E-state index < -0.39 is 5.56 Å². The van der Waals surface area contributed by atoms with Crippen LogP contribution in [0.3, 0.4) is 0 Å². The summed E-state index contributed by atoms with van der Waals surface area (Å²) >= 11 is 5.87. The number of halogens is 1. The number of alkyl halides is 1. The molecule has 1 aromatic carbocycles. The Morgan fingerprint density at radius 1 is 1.42 bits per heavy atom. The first-order valence-electron chi connectivity index (χ1n) is 3.58. The van der Waals surface area contributed by atoms with Crippen molar-refractivity contribution in [3.63, 3.8) is 0 Å². The van der Waals surface area contributed by atoms with Crippen molar-refractivity contribution in [1.29, 1.82) is 0 Å². The Bertz CT molecular complexity index is 263. The molecular weight excluding hydrogens is 172 g/mol. The topological polar surface area (TPSA) is 9.23 Å². The van der Waals surface area contributed by atoms with Crippen LogP contribution in [0.2, 0.25) is 0 Å². The Labute approximate surface area is 77.3 Å². The molecule has 1 atom stereocenters. The molecule has 2 heteroatoms. The summed E-state index contributed by atoms with van der Waals surface area (Å²) in [5.74, 6) is 2.36. The van der Waals surface area contributed by atoms with Gasteiger partial charge in [-0.3, -0.25) is 0 Å². The second-order valence-corrected chi connectivity index (χ2v) is 2.64. The molecule has 0 saturated heterocycles. The Balaban J connectivity index is 2.55. The van der Waals surface area contributed by atoms with Crippen molar-refractivity contribution in [3.05, 3.63) is 35.9 Å². The van der Waals surface area contributed by atoms with Crippen LogP contribution in [-0.2, 0) is 4.74 Å². The lowest BCUT2D eigenvalue weighted by atomic mass is 10.2. The average molecular weight is 181 g/mol. The van der Waals surface area contributed by atoms with Crippen LogP contribution in [0.4, 0.5) is 0 Å². The Morgan fingerprint density at radius 2 is 2.08 bits per heavy atom. The lowest BCUT2D eigenvalue weighted by Crippen LogP contribution is -1.96. The summed E-state index contributed by atoms with van der Waals surface area (Å²) in [6, 6.07) is 9.53. The first-order valence-corrected chi connectivity index (χ1v) is 4.02. The molecule has 0 radical (unpaired) electrons. The highest BCUT2D eigenvalue weighted by Crippen LogP contribution is 2.20. The number of benzene rings is 1. The van der Waals surface area contributed by atoms with E-state index in [2.05, 4.69) is 5.92 Å². The predicted molar refractivity (Wildman–Crippen MR) is 49.8 cm³/mol. The lowest BCUT2D eigenvalue weighted by Gasteiger charge is -2.07. The molecule has 1 unspecified atom stereocenters. The average Bonchev–Trinajstić information content (AvgIpc) is 2.15. The van der Waals surface area contributed by atoms with Crippen LogP contribution in [0.25, 0.3) is 0 Å². The number of rotatable bonds is 3. The van der Waals surface area contributed by atoms with Gasteiger partial charge in [0, 0.05) is 0 Å². The fraction of sp³-hybridized carbons (Fsp3) is 0.200. The van der Waals surface area contributed by atoms with Crippen molar-refractivity contribution in [2.75, 3.05) is 6.61 Å². The largest absolute Gasteiger partial charge is 0.346 e. The molecule has 0 aliphatic carbocycles. The quantitative estimate of drug-likeness (QED) is 0.513. The highest BCUT2D eigenvalue weighted by atomic mass is 35.5. The van der Waals surface area contributed by atoms with Gasteiger partial charge in [-0.25, -0.2) is 0 Å². The third-order valence-electron chi connectivity index (χ3n) is 1.37. The van der Waals surface area contributed by atoms with Gasteiger partial charge in [0.25, 0.3) is 0 Å². The lowest BCUT2D eigenvalue weighted by molar-refractivity contribution is 0.139. The van der Waals surface area contributed by atoms with Crippen molar-refractivity contribution in [2.45, 2.75) is 5.56 Å². The van der Waals surface area contributed by atoms with Gasteiger partial charge in [0.15, 0.2) is 5.56 Å². The summed E-state index contributed by atoms with van der Waals surface area (Å²) in [5.41, 5.74) is 0.483. The summed E-state index contributed by atoms with van der Waals surface area (Å²) in [4.78, 5) is 0. The highest BCUT2D eigenvalue weighted by Gasteiger charge is 2.04. The Kier molecular flexibility index (Phi) is 3.66. The number of hydrogen-bond acceptors (Lipinski definition) is 1. The van der Waals surface area contributed by atoms with Crippen LogP contribution < -0.4 is 0 Å². The van der Waals surface area contributed by atoms with Gasteiger partial charge in [0.1, 0.15) is 6.61 Å². The standard InChI is InChI=1S/C10H9ClO/c1-2-8-12-10(11)9-6-4-3-5-7-9/h1,3-7,10H,8H2. The summed E-state index contributed by atoms with van der Waals surface area (Å²) in [5, 5.41) is 0. The molecule has 1 rings (SSSR count). The number of terminal acetylenes is 1. The van der Waals surface area contributed by atoms with E-state index in [0.29, 0.717) is 0 Å². The molecule has 0 N–H and O–H groups in total. The maximum absolute atomic E-state index is 5.87. The Morgan fingerprint density at radius 3 is 2.67 bits per heavy atom. The van der Waals surface area contributed by atoms with Gasteiger partial charge in [-0.2, -0.15) is 0 Å². The van der Waals surface area contributed by atoms with E-state index in [0.717, 1.165) is 5.56 Å². The first kappa shape index (κ1) is 9.12. The summed E-state index contributed by atoms with van der Waals surface area (Å²) in [7, 11) is 0. The van der Waals surface area contributed by atoms with Crippen molar-refractivity contribution in [3.8, 4) is 12.3 Å². The zero-order valence-corrected chi connectivity index (χ0v) is 7.29. The minimum absolute atomic E-state index is 0.239. The van der Waals surface area contributed by atoms with Crippen molar-refractivity contribution >= 4 is 11.6 Å². The Hall–Kier alpha value is -0.970. The van der Waals surface area contributed by atoms with E-state index in [4.69, 9.17) is 22.8 Å². The summed E-state index contributed by atoms with van der Waals surface area (Å²) < 4.78 is 5.11. The number of ether oxygens (including phenoxy) is 1. The summed E-state index contributed by atoms with van der Waals surface area (Å²) in [6.45, 7) is 0.239. The van der Waals surface area contributed by atoms with Crippen LogP contribution in [0.15, 0.2) is 30.3 Å². The number of hydrogen-bond donors (Lipinski definition) is 0. The highest BCUT2D eigenvalue weighted by molar-refractivity contribution is 6.19. The van der Waals surface area contributed by atoms with E-state index in [1.165, 1.54) is 0 Å². The minimum atomic E-state index is -0.442. The van der Waals surface area contributed by atoms with E-state index in [9.17, 15) is 0 Å². The smallest absolute Gasteiger partial charge is 0.157 e. The van der Waals surface area contributed by atoms with Crippen molar-refractivity contribution < 1.29 is 4.74 Å². The van der Waals surface area contributed by atoms with E-state index in [1.807, 2.05) is 30.3 Å². The molecule has 1 nitrogen and oxygen atoms in total. The third-order valence-corrected chi connectivity index (χ3v) is 1.75. The molecule has 0 fully saturated rings. The van der Waals surface area contributed by atoms with Gasteiger partial charge < -0.3 is 4.74 Å². The third kappa shape index (κ3) is 2.58. The van der Waals surface area contributed by atoms with E-state index >= 15 is 0 Å². The van der Waals surface area contributed by atoms with Gasteiger partial charge in [-0.15, -0.1) is 6.42 Å². The maximum atomic E-state index is 5.87. The normalized spacial score (nSPS) is 12.0. The second kappa shape index (κ2) is 4.82. The van der Waals surface area contributed by atoms with Crippen LogP contribution in [0, 0.1) is 12.3 Å². The van der Waals surface area contributed by atoms with Crippen LogP contribution in [-0.4, -0.2) is 6.61 Å². The van der Waals surface area contributed by atoms with Gasteiger partial charge in [0.2, 0.25) is 0 Å². The summed E-state index contributed by atoms with van der Waals surface area (Å²) in [6.07, 6.45) is 5.02. The molecule has 0 aromatic heterocycles. The second-order valence-electron chi connectivity index (χ2n) is 2.24. The molecule has 0 aliphatic rings. The maximum Gasteiger partial charge on any atom is 0.157 e. The molecule has 0 saturated carbocycles. The molecule has 62 valence electrons. The molecule has 0 aliphatic heterocycles. The van der Waals surface area contributed by atoms with Crippen LogP contribution in [0.1, 0.15) is 11.1 Å². The molecule has 0 spiro atoms. The fourth-order valence-electron chi connectivity index (χ4n) is 0.822. The molecular formula is C10H9ClO. The van der Waals surface area contributed by atoms with E-state index in [-0.39, 0.29) is 6.61 Å². The SMILES string of the molecule is C#CCOC(Cl)c1ccccc1. The molecule has 0 amide bonds. The van der Waals surface area contributed by atoms with E-state index in [1.54, 1.807) is 0 Å². The minimum Gasteiger partial charge on any atom is -0.346 e. The van der Waals surface area contributed by atoms with Gasteiger partial charge >= 0.3 is 0 Å².